The number of amides is 6. The Balaban J connectivity index is 0.000000143. The Morgan fingerprint density at radius 1 is 0.338 bits per heavy atom. The quantitative estimate of drug-likeness (QED) is 0.0222. The molecule has 0 aliphatic carbocycles. The molecular formula is C94H69ClN24O14. The molecule has 0 fully saturated rings. The number of rotatable bonds is 22. The van der Waals surface area contributed by atoms with Crippen molar-refractivity contribution in [3.05, 3.63) is 342 Å². The van der Waals surface area contributed by atoms with Gasteiger partial charge in [-0.3, -0.25) is 39.4 Å². The Morgan fingerprint density at radius 3 is 1.17 bits per heavy atom. The van der Waals surface area contributed by atoms with Gasteiger partial charge in [0.1, 0.15) is 28.3 Å². The number of aromatic nitrogens is 10. The van der Waals surface area contributed by atoms with E-state index in [-0.39, 0.29) is 120 Å². The molecule has 656 valence electrons. The number of para-hydroxylation sites is 2. The molecule has 0 bridgehead atoms. The van der Waals surface area contributed by atoms with Gasteiger partial charge >= 0.3 is 12.0 Å². The number of methoxy groups -OCH3 is 3. The van der Waals surface area contributed by atoms with Crippen LogP contribution in [-0.4, -0.2) is 133 Å². The zero-order valence-electron chi connectivity index (χ0n) is 69.7. The number of anilines is 5. The molecule has 6 amide bonds. The number of pyridine rings is 2. The molecule has 133 heavy (non-hydrogen) atoms. The second-order valence-corrected chi connectivity index (χ2v) is 27.9. The summed E-state index contributed by atoms with van der Waals surface area (Å²) < 4.78 is 14.9. The molecule has 11 aromatic carbocycles. The first-order chi connectivity index (χ1) is 64.7. The number of halogens is 1. The molecule has 0 saturated heterocycles. The lowest BCUT2D eigenvalue weighted by Gasteiger charge is -2.11. The molecule has 0 aliphatic heterocycles. The summed E-state index contributed by atoms with van der Waals surface area (Å²) in [6.45, 7) is 0. The second-order valence-electron chi connectivity index (χ2n) is 27.5. The molecule has 0 aliphatic rings. The molecule has 0 radical (unpaired) electrons. The number of nitrogens with two attached hydrogens (primary N) is 1. The van der Waals surface area contributed by atoms with E-state index in [4.69, 9.17) is 31.5 Å². The molecule has 6 heterocycles. The highest BCUT2D eigenvalue weighted by molar-refractivity contribution is 6.31. The van der Waals surface area contributed by atoms with Gasteiger partial charge in [0.2, 0.25) is 23.7 Å². The summed E-state index contributed by atoms with van der Waals surface area (Å²) in [5, 5.41) is 103. The van der Waals surface area contributed by atoms with Crippen LogP contribution in [0.25, 0.3) is 43.1 Å². The number of carbonyl (C=O) groups excluding carboxylic acids is 7. The van der Waals surface area contributed by atoms with Crippen molar-refractivity contribution in [3.63, 3.8) is 0 Å². The number of azo groups is 4. The third kappa shape index (κ3) is 22.4. The van der Waals surface area contributed by atoms with Gasteiger partial charge in [0.15, 0.2) is 46.3 Å². The first-order valence-electron chi connectivity index (χ1n) is 39.4. The smallest absolute Gasteiger partial charge is 0.341 e. The number of nitrogens with zero attached hydrogens (tertiary/aromatic N) is 18. The topological polar surface area (TPSA) is 542 Å². The van der Waals surface area contributed by atoms with E-state index in [0.717, 1.165) is 5.39 Å². The zero-order chi connectivity index (χ0) is 93.3. The average Bonchev–Trinajstić information content (AvgIpc) is 0.792. The minimum Gasteiger partial charge on any atom is -0.505 e. The van der Waals surface area contributed by atoms with Crippen LogP contribution in [0.2, 0.25) is 5.02 Å². The van der Waals surface area contributed by atoms with Crippen molar-refractivity contribution in [2.24, 2.45) is 46.6 Å². The summed E-state index contributed by atoms with van der Waals surface area (Å²) in [7, 11) is 4.12. The van der Waals surface area contributed by atoms with Gasteiger partial charge < -0.3 is 56.3 Å². The molecule has 11 N–H and O–H groups in total. The number of phenolic OH excluding ortho intramolecular Hbond substituents is 4. The van der Waals surface area contributed by atoms with E-state index in [0.29, 0.717) is 65.4 Å². The number of phenols is 4. The number of hydrogen-bond acceptors (Lipinski definition) is 32. The van der Waals surface area contributed by atoms with Gasteiger partial charge in [-0.25, -0.2) is 34.7 Å². The fraction of sp³-hybridized carbons (Fsp3) is 0.0319. The molecule has 0 saturated carbocycles. The number of carbonyl (C=O) groups is 7. The van der Waals surface area contributed by atoms with E-state index in [1.54, 1.807) is 170 Å². The molecular weight excluding hydrogens is 1720 g/mol. The van der Waals surface area contributed by atoms with Crippen molar-refractivity contribution in [2.45, 2.75) is 0 Å². The van der Waals surface area contributed by atoms with Crippen LogP contribution in [0.5, 0.6) is 34.9 Å². The fourth-order valence-electron chi connectivity index (χ4n) is 12.6. The number of nitrogens with one attached hydrogen (secondary N) is 5. The summed E-state index contributed by atoms with van der Waals surface area (Å²) >= 11 is 6.11. The molecule has 0 spiro atoms. The number of ether oxygens (including phenoxy) is 3. The Labute approximate surface area is 757 Å². The minimum absolute atomic E-state index is 0.00960. The van der Waals surface area contributed by atoms with Crippen LogP contribution in [0.1, 0.15) is 72.5 Å². The largest absolute Gasteiger partial charge is 0.505 e. The number of hydrogen-bond donors (Lipinski definition) is 10. The van der Waals surface area contributed by atoms with Gasteiger partial charge in [0, 0.05) is 98.6 Å². The lowest BCUT2D eigenvalue weighted by molar-refractivity contribution is 0.0600. The van der Waals surface area contributed by atoms with Crippen molar-refractivity contribution in [2.75, 3.05) is 47.9 Å². The van der Waals surface area contributed by atoms with Gasteiger partial charge in [-0.15, -0.1) is 46.0 Å². The zero-order valence-corrected chi connectivity index (χ0v) is 70.4. The first kappa shape index (κ1) is 90.1. The summed E-state index contributed by atoms with van der Waals surface area (Å²) in [6, 6.07) is 70.7. The van der Waals surface area contributed by atoms with E-state index in [1.807, 2.05) is 30.3 Å². The number of fused-ring (bicyclic) bond motifs is 4. The van der Waals surface area contributed by atoms with Crippen LogP contribution < -0.4 is 41.8 Å². The average molecular weight is 1790 g/mol. The van der Waals surface area contributed by atoms with Gasteiger partial charge in [0.25, 0.3) is 29.5 Å². The highest BCUT2D eigenvalue weighted by Gasteiger charge is 2.26. The molecule has 0 unspecified atom stereocenters. The number of primary amides is 1. The molecule has 6 aromatic heterocycles. The van der Waals surface area contributed by atoms with E-state index >= 15 is 0 Å². The highest BCUT2D eigenvalue weighted by atomic mass is 35.5. The predicted octanol–water partition coefficient (Wildman–Crippen LogP) is 19.6. The lowest BCUT2D eigenvalue weighted by atomic mass is 10.0. The van der Waals surface area contributed by atoms with Crippen molar-refractivity contribution >= 4 is 171 Å². The first-order valence-corrected chi connectivity index (χ1v) is 39.8. The Kier molecular flexibility index (Phi) is 28.9. The summed E-state index contributed by atoms with van der Waals surface area (Å²) in [4.78, 5) is 120. The van der Waals surface area contributed by atoms with Crippen molar-refractivity contribution in [1.82, 2.24) is 50.1 Å². The maximum Gasteiger partial charge on any atom is 0.341 e. The monoisotopic (exact) mass is 1790 g/mol. The van der Waals surface area contributed by atoms with Crippen molar-refractivity contribution < 1.29 is 68.2 Å². The second kappa shape index (κ2) is 42.7. The third-order valence-corrected chi connectivity index (χ3v) is 19.2. The van der Waals surface area contributed by atoms with Crippen LogP contribution >= 0.6 is 11.6 Å². The lowest BCUT2D eigenvalue weighted by Crippen LogP contribution is -2.14. The standard InChI is InChI=1S/C27H19N7O3.C23H19N5O4.C22H15ClN6O3.C22H16N6O4/c35-23-21(26(37)31-18-9-2-1-3-10-18)16-17-8-4-5-11-19(17)22(23)33-34-24-20(12-6-13-28-24)25(36)32-27-29-14-7-15-30-27;1-31-19-13-18(25-23(26-19)32-2)27-28-20-16-11-7-6-8-14(16)12-17(21(20)29)22(30)24-15-9-4-3-5-10-15;23-14-5-8-16-13(10-14)11-17(20(30)19(16)29-28-18-2-1-9-25-27-18)22(32)26-15-6-3-12(4-7-15)21(24)31;1-32-21(31)15-8-4-9-23-19(15)28-27-17-14-7-3-2-6-13(14)12-16(18(17)29)20(30)26-22-24-10-5-11-25-22/h1-16,35H,(H,31,37)(H,29,30,32,36);3-13,29H,1-2H3,(H,24,30);1-11,30H,(H2,24,31)(H,26,32);2-12,29H,1H3,(H,24,25,26,30). The maximum atomic E-state index is 13.0. The van der Waals surface area contributed by atoms with Crippen LogP contribution in [0, 0.1) is 0 Å². The van der Waals surface area contributed by atoms with E-state index < -0.39 is 47.2 Å². The van der Waals surface area contributed by atoms with Crippen molar-refractivity contribution in [1.29, 1.82) is 0 Å². The Hall–Kier alpha value is -19.1. The number of esters is 1. The molecule has 38 nitrogen and oxygen atoms in total. The third-order valence-electron chi connectivity index (χ3n) is 18.9. The Bertz CT molecular complexity index is 7350. The predicted molar refractivity (Wildman–Crippen MR) is 493 cm³/mol. The highest BCUT2D eigenvalue weighted by Crippen LogP contribution is 2.45. The molecule has 0 atom stereocenters. The van der Waals surface area contributed by atoms with Crippen LogP contribution in [-0.2, 0) is 4.74 Å². The van der Waals surface area contributed by atoms with Gasteiger partial charge in [-0.05, 0) is 155 Å². The SMILES string of the molecule is COC(=O)c1cccnc1N=Nc1c(O)c(C(=O)Nc2ncccn2)cc2ccccc12.COc1cc(N=Nc2c(O)c(C(=O)Nc3ccccc3)cc3ccccc23)nc(OC)n1.NC(=O)c1ccc(NC(=O)c2cc3cc(Cl)ccc3c(N=Nc3cccnn3)c2O)cc1.O=C(Nc1ncccn1)c1cccnc1N=Nc1c(O)c(C(=O)Nc2ccccc2)cc2ccccc12. The number of benzene rings is 11. The normalized spacial score (nSPS) is 10.9. The number of aromatic hydroxyl groups is 4. The van der Waals surface area contributed by atoms with Gasteiger partial charge in [-0.1, -0.05) is 127 Å². The Morgan fingerprint density at radius 2 is 0.729 bits per heavy atom. The minimum atomic E-state index is -0.628. The van der Waals surface area contributed by atoms with E-state index in [1.165, 1.54) is 119 Å². The van der Waals surface area contributed by atoms with Gasteiger partial charge in [-0.2, -0.15) is 15.1 Å². The summed E-state index contributed by atoms with van der Waals surface area (Å²) in [5.74, 6) is -4.45. The van der Waals surface area contributed by atoms with E-state index in [2.05, 4.69) is 118 Å². The molecule has 17 rings (SSSR count). The van der Waals surface area contributed by atoms with Gasteiger partial charge in [0.05, 0.1) is 49.1 Å². The van der Waals surface area contributed by atoms with Crippen LogP contribution in [0.4, 0.5) is 75.0 Å². The maximum absolute atomic E-state index is 13.0. The van der Waals surface area contributed by atoms with Crippen molar-refractivity contribution in [3.8, 4) is 34.9 Å². The molecule has 17 aromatic rings. The molecule has 39 heteroatoms. The summed E-state index contributed by atoms with van der Waals surface area (Å²) in [6.07, 6.45) is 10.4. The summed E-state index contributed by atoms with van der Waals surface area (Å²) in [5.41, 5.74) is 7.71. The van der Waals surface area contributed by atoms with E-state index in [9.17, 15) is 54.0 Å². The van der Waals surface area contributed by atoms with Crippen LogP contribution in [0.15, 0.2) is 339 Å². The van der Waals surface area contributed by atoms with Crippen LogP contribution in [0.3, 0.4) is 0 Å². The fourth-order valence-corrected chi connectivity index (χ4v) is 12.8.